The summed E-state index contributed by atoms with van der Waals surface area (Å²) < 4.78 is 21.9. The lowest BCUT2D eigenvalue weighted by molar-refractivity contribution is -0.116. The summed E-state index contributed by atoms with van der Waals surface area (Å²) in [5, 5.41) is 6.09. The molecule has 3 N–H and O–H groups in total. The largest absolute Gasteiger partial charge is 0.335 e. The summed E-state index contributed by atoms with van der Waals surface area (Å²) in [5.41, 5.74) is 0. The molecule has 1 unspecified atom stereocenters. The van der Waals surface area contributed by atoms with Gasteiger partial charge in [-0.25, -0.2) is 13.6 Å². The molecule has 0 aromatic carbocycles. The zero-order chi connectivity index (χ0) is 10.6. The van der Waals surface area contributed by atoms with E-state index < -0.39 is 21.3 Å². The lowest BCUT2D eigenvalue weighted by Crippen LogP contribution is -2.46. The highest BCUT2D eigenvalue weighted by atomic mass is 32.2. The molecule has 76 valence electrons. The lowest BCUT2D eigenvalue weighted by Gasteiger charge is -2.18. The number of rotatable bonds is 4. The van der Waals surface area contributed by atoms with Crippen LogP contribution in [0.5, 0.6) is 0 Å². The van der Waals surface area contributed by atoms with E-state index in [9.17, 15) is 13.2 Å². The minimum Gasteiger partial charge on any atom is -0.335 e. The molecule has 0 fully saturated rings. The third-order valence-corrected chi connectivity index (χ3v) is 2.80. The molecule has 0 saturated heterocycles. The number of carbonyl (C=O) groups is 1. The molecule has 0 radical (unpaired) electrons. The van der Waals surface area contributed by atoms with Gasteiger partial charge in [0.1, 0.15) is 5.37 Å². The molecule has 0 aliphatic heterocycles. The summed E-state index contributed by atoms with van der Waals surface area (Å²) in [7, 11) is -3.75. The second kappa shape index (κ2) is 4.38. The highest BCUT2D eigenvalue weighted by molar-refractivity contribution is 7.89. The van der Waals surface area contributed by atoms with E-state index in [1.165, 1.54) is 0 Å². The number of nitrogens with one attached hydrogen (secondary N) is 1. The number of primary sulfonamides is 1. The van der Waals surface area contributed by atoms with Crippen LogP contribution in [0.2, 0.25) is 0 Å². The zero-order valence-electron chi connectivity index (χ0n) is 7.65. The first-order valence-electron chi connectivity index (χ1n) is 3.73. The normalized spacial score (nSPS) is 13.8. The second-order valence-corrected chi connectivity index (χ2v) is 4.65. The van der Waals surface area contributed by atoms with Crippen LogP contribution in [0, 0.1) is 5.92 Å². The summed E-state index contributed by atoms with van der Waals surface area (Å²) >= 11 is 0. The number of carbonyl (C=O) groups excluding carboxylic acids is 1. The predicted octanol–water partition coefficient (Wildman–Crippen LogP) is -0.441. The number of amides is 1. The average Bonchev–Trinajstić information content (AvgIpc) is 1.96. The number of hydrogen-bond acceptors (Lipinski definition) is 3. The SMILES string of the molecule is C=CC(=O)NC(C(C)C)S(N)(=O)=O. The van der Waals surface area contributed by atoms with Crippen molar-refractivity contribution in [1.29, 1.82) is 0 Å². The summed E-state index contributed by atoms with van der Waals surface area (Å²) in [4.78, 5) is 10.8. The fourth-order valence-electron chi connectivity index (χ4n) is 0.827. The van der Waals surface area contributed by atoms with E-state index in [1.807, 2.05) is 0 Å². The molecule has 1 amide bonds. The molecule has 0 saturated carbocycles. The van der Waals surface area contributed by atoms with Gasteiger partial charge >= 0.3 is 0 Å². The zero-order valence-corrected chi connectivity index (χ0v) is 8.47. The van der Waals surface area contributed by atoms with Crippen LogP contribution >= 0.6 is 0 Å². The molecular weight excluding hydrogens is 192 g/mol. The Bertz CT molecular complexity index is 295. The van der Waals surface area contributed by atoms with Crippen LogP contribution in [0.3, 0.4) is 0 Å². The molecule has 0 aliphatic rings. The minimum absolute atomic E-state index is 0.279. The van der Waals surface area contributed by atoms with Gasteiger partial charge in [-0.1, -0.05) is 20.4 Å². The fourth-order valence-corrected chi connectivity index (χ4v) is 1.87. The van der Waals surface area contributed by atoms with Gasteiger partial charge in [0.05, 0.1) is 0 Å². The summed E-state index contributed by atoms with van der Waals surface area (Å²) in [5.74, 6) is -0.827. The van der Waals surface area contributed by atoms with Crippen LogP contribution in [-0.4, -0.2) is 19.7 Å². The molecule has 1 atom stereocenters. The van der Waals surface area contributed by atoms with Crippen LogP contribution < -0.4 is 10.5 Å². The maximum atomic E-state index is 11.0. The molecule has 0 spiro atoms. The van der Waals surface area contributed by atoms with E-state index >= 15 is 0 Å². The lowest BCUT2D eigenvalue weighted by atomic mass is 10.2. The first kappa shape index (κ1) is 12.1. The van der Waals surface area contributed by atoms with Gasteiger partial charge in [-0.15, -0.1) is 0 Å². The van der Waals surface area contributed by atoms with Gasteiger partial charge in [-0.05, 0) is 12.0 Å². The van der Waals surface area contributed by atoms with Crippen molar-refractivity contribution in [2.24, 2.45) is 11.1 Å². The van der Waals surface area contributed by atoms with Crippen LogP contribution in [0.1, 0.15) is 13.8 Å². The van der Waals surface area contributed by atoms with Gasteiger partial charge in [0.2, 0.25) is 15.9 Å². The predicted molar refractivity (Wildman–Crippen MR) is 50.1 cm³/mol. The molecule has 0 aromatic rings. The Morgan fingerprint density at radius 2 is 2.00 bits per heavy atom. The van der Waals surface area contributed by atoms with Crippen molar-refractivity contribution in [3.63, 3.8) is 0 Å². The van der Waals surface area contributed by atoms with Crippen molar-refractivity contribution >= 4 is 15.9 Å². The Morgan fingerprint density at radius 3 is 2.23 bits per heavy atom. The summed E-state index contributed by atoms with van der Waals surface area (Å²) in [6, 6.07) is 0. The maximum absolute atomic E-state index is 11.0. The molecule has 0 heterocycles. The van der Waals surface area contributed by atoms with E-state index in [4.69, 9.17) is 5.14 Å². The van der Waals surface area contributed by atoms with E-state index in [1.54, 1.807) is 13.8 Å². The topological polar surface area (TPSA) is 89.3 Å². The quantitative estimate of drug-likeness (QED) is 0.611. The molecule has 0 bridgehead atoms. The van der Waals surface area contributed by atoms with Crippen molar-refractivity contribution in [1.82, 2.24) is 5.32 Å². The Hall–Kier alpha value is -0.880. The molecule has 0 aromatic heterocycles. The Kier molecular flexibility index (Phi) is 4.09. The first-order valence-corrected chi connectivity index (χ1v) is 5.34. The number of hydrogen-bond donors (Lipinski definition) is 2. The second-order valence-electron chi connectivity index (χ2n) is 2.97. The third kappa shape index (κ3) is 4.05. The maximum Gasteiger partial charge on any atom is 0.244 e. The van der Waals surface area contributed by atoms with E-state index in [0.717, 1.165) is 6.08 Å². The van der Waals surface area contributed by atoms with Crippen molar-refractivity contribution < 1.29 is 13.2 Å². The highest BCUT2D eigenvalue weighted by Gasteiger charge is 2.25. The minimum atomic E-state index is -3.75. The standard InChI is InChI=1S/C7H14N2O3S/c1-4-6(10)9-7(5(2)3)13(8,11)12/h4-5,7H,1H2,2-3H3,(H,9,10)(H2,8,11,12). The Balaban J connectivity index is 4.65. The summed E-state index contributed by atoms with van der Waals surface area (Å²) in [6.07, 6.45) is 1.00. The van der Waals surface area contributed by atoms with E-state index in [2.05, 4.69) is 11.9 Å². The highest BCUT2D eigenvalue weighted by Crippen LogP contribution is 2.05. The van der Waals surface area contributed by atoms with Gasteiger partial charge in [0.25, 0.3) is 0 Å². The van der Waals surface area contributed by atoms with Crippen LogP contribution in [-0.2, 0) is 14.8 Å². The van der Waals surface area contributed by atoms with Crippen molar-refractivity contribution in [3.8, 4) is 0 Å². The Labute approximate surface area is 78.1 Å². The van der Waals surface area contributed by atoms with Crippen molar-refractivity contribution in [3.05, 3.63) is 12.7 Å². The van der Waals surface area contributed by atoms with Crippen molar-refractivity contribution in [2.75, 3.05) is 0 Å². The van der Waals surface area contributed by atoms with Crippen molar-refractivity contribution in [2.45, 2.75) is 19.2 Å². The van der Waals surface area contributed by atoms with E-state index in [0.29, 0.717) is 0 Å². The van der Waals surface area contributed by atoms with Gasteiger partial charge in [0.15, 0.2) is 0 Å². The van der Waals surface area contributed by atoms with Crippen LogP contribution in [0.25, 0.3) is 0 Å². The third-order valence-electron chi connectivity index (χ3n) is 1.43. The molecule has 0 rings (SSSR count). The van der Waals surface area contributed by atoms with Crippen LogP contribution in [0.15, 0.2) is 12.7 Å². The van der Waals surface area contributed by atoms with Crippen LogP contribution in [0.4, 0.5) is 0 Å². The molecule has 0 aliphatic carbocycles. The first-order chi connectivity index (χ1) is 5.79. The number of nitrogens with two attached hydrogens (primary N) is 1. The monoisotopic (exact) mass is 206 g/mol. The molecule has 5 nitrogen and oxygen atoms in total. The molecular formula is C7H14N2O3S. The molecule has 13 heavy (non-hydrogen) atoms. The fraction of sp³-hybridized carbons (Fsp3) is 0.571. The van der Waals surface area contributed by atoms with Gasteiger partial charge in [-0.3, -0.25) is 4.79 Å². The van der Waals surface area contributed by atoms with Gasteiger partial charge in [0, 0.05) is 0 Å². The average molecular weight is 206 g/mol. The smallest absolute Gasteiger partial charge is 0.244 e. The van der Waals surface area contributed by atoms with Gasteiger partial charge < -0.3 is 5.32 Å². The molecule has 6 heteroatoms. The summed E-state index contributed by atoms with van der Waals surface area (Å²) in [6.45, 7) is 6.51. The van der Waals surface area contributed by atoms with E-state index in [-0.39, 0.29) is 5.92 Å². The number of sulfonamides is 1. The van der Waals surface area contributed by atoms with Gasteiger partial charge in [-0.2, -0.15) is 0 Å². The Morgan fingerprint density at radius 1 is 1.54 bits per heavy atom.